The van der Waals surface area contributed by atoms with Crippen LogP contribution in [0.15, 0.2) is 70.3 Å². The number of benzene rings is 2. The molecule has 12 heteroatoms. The lowest BCUT2D eigenvalue weighted by Crippen LogP contribution is -2.48. The maximum atomic E-state index is 14.3. The molecule has 4 rings (SSSR count). The molecule has 2 heterocycles. The zero-order chi connectivity index (χ0) is 32.6. The monoisotopic (exact) mass is 657 g/mol. The van der Waals surface area contributed by atoms with Crippen LogP contribution in [0.2, 0.25) is 0 Å². The van der Waals surface area contributed by atoms with Gasteiger partial charge in [-0.15, -0.1) is 11.3 Å². The second-order valence-electron chi connectivity index (χ2n) is 11.5. The first-order chi connectivity index (χ1) is 21.5. The first kappa shape index (κ1) is 34.6. The summed E-state index contributed by atoms with van der Waals surface area (Å²) in [5.41, 5.74) is 1.17. The molecule has 1 aliphatic rings. The standard InChI is InChI=1S/C33H43N3O7S2/c1-23-20-36(24(2)22-37)33(39)28-19-27(34-32(38)26-12-6-5-7-13-26)15-16-29(28)43-25(3)11-8-9-17-42-30(23)21-35(4)45(40,41)31-14-10-18-44-31/h5-7,10,12-16,18-19,23-25,30,37H,8-9,11,17,20-22H2,1-4H3,(H,34,38)/t23-,24+,25-,30+/m0/s1. The number of thiophene rings is 1. The highest BCUT2D eigenvalue weighted by Gasteiger charge is 2.32. The molecule has 3 aromatic rings. The van der Waals surface area contributed by atoms with Gasteiger partial charge in [-0.25, -0.2) is 8.42 Å². The van der Waals surface area contributed by atoms with E-state index in [0.29, 0.717) is 30.0 Å². The molecule has 0 unspecified atom stereocenters. The highest BCUT2D eigenvalue weighted by atomic mass is 32.2. The van der Waals surface area contributed by atoms with Gasteiger partial charge in [-0.3, -0.25) is 9.59 Å². The summed E-state index contributed by atoms with van der Waals surface area (Å²) in [6.45, 7) is 6.04. The molecule has 244 valence electrons. The Morgan fingerprint density at radius 1 is 1.13 bits per heavy atom. The Balaban J connectivity index is 1.65. The van der Waals surface area contributed by atoms with E-state index in [-0.39, 0.29) is 53.3 Å². The van der Waals surface area contributed by atoms with Gasteiger partial charge in [0.05, 0.1) is 30.4 Å². The third-order valence-corrected chi connectivity index (χ3v) is 11.1. The lowest BCUT2D eigenvalue weighted by atomic mass is 10.0. The minimum absolute atomic E-state index is 0.0999. The molecular formula is C33H43N3O7S2. The topological polar surface area (TPSA) is 125 Å². The van der Waals surface area contributed by atoms with E-state index in [1.807, 2.05) is 19.9 Å². The number of aliphatic hydroxyl groups is 1. The number of carbonyl (C=O) groups is 2. The number of hydrogen-bond acceptors (Lipinski definition) is 8. The molecule has 0 radical (unpaired) electrons. The summed E-state index contributed by atoms with van der Waals surface area (Å²) in [6.07, 6.45) is 1.56. The normalized spacial score (nSPS) is 21.0. The van der Waals surface area contributed by atoms with Gasteiger partial charge >= 0.3 is 0 Å². The molecule has 1 aromatic heterocycles. The number of carbonyl (C=O) groups excluding carboxylic acids is 2. The summed E-state index contributed by atoms with van der Waals surface area (Å²) in [6, 6.07) is 16.5. The van der Waals surface area contributed by atoms with Crippen LogP contribution in [-0.2, 0) is 14.8 Å². The fourth-order valence-corrected chi connectivity index (χ4v) is 7.56. The van der Waals surface area contributed by atoms with Gasteiger partial charge in [0.2, 0.25) is 0 Å². The number of rotatable bonds is 8. The zero-order valence-electron chi connectivity index (χ0n) is 26.2. The lowest BCUT2D eigenvalue weighted by molar-refractivity contribution is -0.00832. The molecule has 0 spiro atoms. The third kappa shape index (κ3) is 8.92. The van der Waals surface area contributed by atoms with Gasteiger partial charge in [0.25, 0.3) is 21.8 Å². The average Bonchev–Trinajstić information content (AvgIpc) is 3.59. The van der Waals surface area contributed by atoms with Gasteiger partial charge in [-0.1, -0.05) is 31.2 Å². The molecule has 0 saturated carbocycles. The molecule has 45 heavy (non-hydrogen) atoms. The van der Waals surface area contributed by atoms with E-state index in [0.717, 1.165) is 24.2 Å². The van der Waals surface area contributed by atoms with Crippen molar-refractivity contribution in [1.82, 2.24) is 9.21 Å². The van der Waals surface area contributed by atoms with E-state index in [1.165, 1.54) is 11.4 Å². The number of fused-ring (bicyclic) bond motifs is 1. The van der Waals surface area contributed by atoms with Crippen LogP contribution in [0.3, 0.4) is 0 Å². The van der Waals surface area contributed by atoms with Gasteiger partial charge in [0, 0.05) is 43.9 Å². The Labute approximate surface area is 270 Å². The molecule has 0 fully saturated rings. The highest BCUT2D eigenvalue weighted by molar-refractivity contribution is 7.91. The Hall–Kier alpha value is -3.29. The Morgan fingerprint density at radius 2 is 1.89 bits per heavy atom. The third-order valence-electron chi connectivity index (χ3n) is 7.94. The van der Waals surface area contributed by atoms with E-state index >= 15 is 0 Å². The summed E-state index contributed by atoms with van der Waals surface area (Å²) in [5, 5.41) is 14.8. The van der Waals surface area contributed by atoms with Crippen molar-refractivity contribution in [2.24, 2.45) is 5.92 Å². The van der Waals surface area contributed by atoms with Gasteiger partial charge in [-0.2, -0.15) is 4.31 Å². The Kier molecular flexibility index (Phi) is 12.2. The molecule has 1 aliphatic heterocycles. The maximum Gasteiger partial charge on any atom is 0.258 e. The van der Waals surface area contributed by atoms with Gasteiger partial charge in [0.1, 0.15) is 9.96 Å². The highest BCUT2D eigenvalue weighted by Crippen LogP contribution is 2.29. The van der Waals surface area contributed by atoms with Crippen LogP contribution in [0.5, 0.6) is 5.75 Å². The van der Waals surface area contributed by atoms with Crippen molar-refractivity contribution >= 4 is 38.9 Å². The molecule has 2 amide bonds. The molecular weight excluding hydrogens is 615 g/mol. The zero-order valence-corrected chi connectivity index (χ0v) is 27.9. The van der Waals surface area contributed by atoms with Crippen molar-refractivity contribution in [2.75, 3.05) is 38.7 Å². The molecule has 0 aliphatic carbocycles. The van der Waals surface area contributed by atoms with Gasteiger partial charge in [0.15, 0.2) is 0 Å². The quantitative estimate of drug-likeness (QED) is 0.345. The van der Waals surface area contributed by atoms with Crippen LogP contribution in [0, 0.1) is 5.92 Å². The van der Waals surface area contributed by atoms with Crippen molar-refractivity contribution in [3.63, 3.8) is 0 Å². The number of hydrogen-bond donors (Lipinski definition) is 2. The number of nitrogens with zero attached hydrogens (tertiary/aromatic N) is 2. The molecule has 4 atom stereocenters. The van der Waals surface area contributed by atoms with Crippen LogP contribution >= 0.6 is 11.3 Å². The van der Waals surface area contributed by atoms with E-state index in [1.54, 1.807) is 71.8 Å². The predicted octanol–water partition coefficient (Wildman–Crippen LogP) is 5.12. The number of amides is 2. The smallest absolute Gasteiger partial charge is 0.258 e. The van der Waals surface area contributed by atoms with Crippen LogP contribution < -0.4 is 10.1 Å². The number of sulfonamides is 1. The maximum absolute atomic E-state index is 14.3. The first-order valence-electron chi connectivity index (χ1n) is 15.2. The Morgan fingerprint density at radius 3 is 2.58 bits per heavy atom. The largest absolute Gasteiger partial charge is 0.490 e. The van der Waals surface area contributed by atoms with E-state index in [4.69, 9.17) is 9.47 Å². The number of anilines is 1. The molecule has 0 saturated heterocycles. The average molecular weight is 658 g/mol. The van der Waals surface area contributed by atoms with Crippen LogP contribution in [-0.4, -0.2) is 86.1 Å². The molecule has 10 nitrogen and oxygen atoms in total. The van der Waals surface area contributed by atoms with E-state index < -0.39 is 22.2 Å². The summed E-state index contributed by atoms with van der Waals surface area (Å²) >= 11 is 1.16. The predicted molar refractivity (Wildman–Crippen MR) is 175 cm³/mol. The van der Waals surface area contributed by atoms with Crippen LogP contribution in [0.1, 0.15) is 60.7 Å². The second-order valence-corrected chi connectivity index (χ2v) is 14.8. The summed E-state index contributed by atoms with van der Waals surface area (Å²) < 4.78 is 40.5. The number of nitrogens with one attached hydrogen (secondary N) is 1. The Bertz CT molecular complexity index is 1520. The summed E-state index contributed by atoms with van der Waals surface area (Å²) in [4.78, 5) is 28.7. The van der Waals surface area contributed by atoms with Gasteiger partial charge < -0.3 is 24.8 Å². The van der Waals surface area contributed by atoms with Crippen molar-refractivity contribution in [2.45, 2.75) is 62.5 Å². The second kappa shape index (κ2) is 15.8. The van der Waals surface area contributed by atoms with Crippen LogP contribution in [0.4, 0.5) is 5.69 Å². The first-order valence-corrected chi connectivity index (χ1v) is 17.5. The van der Waals surface area contributed by atoms with Crippen molar-refractivity contribution in [3.05, 3.63) is 77.2 Å². The fraction of sp³-hybridized carbons (Fsp3) is 0.455. The molecule has 0 bridgehead atoms. The van der Waals surface area contributed by atoms with Crippen molar-refractivity contribution in [1.29, 1.82) is 0 Å². The minimum Gasteiger partial charge on any atom is -0.490 e. The van der Waals surface area contributed by atoms with E-state index in [2.05, 4.69) is 5.32 Å². The lowest BCUT2D eigenvalue weighted by Gasteiger charge is -2.35. The molecule has 2 N–H and O–H groups in total. The molecule has 2 aromatic carbocycles. The SMILES string of the molecule is C[C@H](CO)N1C[C@H](C)[C@@H](CN(C)S(=O)(=O)c2cccs2)OCCCC[C@H](C)Oc2ccc(NC(=O)c3ccccc3)cc2C1=O. The van der Waals surface area contributed by atoms with Crippen molar-refractivity contribution < 1.29 is 32.6 Å². The number of ether oxygens (including phenoxy) is 2. The summed E-state index contributed by atoms with van der Waals surface area (Å²) in [7, 11) is -2.17. The fourth-order valence-electron chi connectivity index (χ4n) is 5.17. The summed E-state index contributed by atoms with van der Waals surface area (Å²) in [5.74, 6) is -0.596. The van der Waals surface area contributed by atoms with Crippen LogP contribution in [0.25, 0.3) is 0 Å². The van der Waals surface area contributed by atoms with Crippen molar-refractivity contribution in [3.8, 4) is 5.75 Å². The number of likely N-dealkylation sites (N-methyl/N-ethyl adjacent to an activating group) is 1. The number of aliphatic hydroxyl groups excluding tert-OH is 1. The van der Waals surface area contributed by atoms with Gasteiger partial charge in [-0.05, 0) is 74.9 Å². The van der Waals surface area contributed by atoms with E-state index in [9.17, 15) is 23.1 Å². The minimum atomic E-state index is -3.71.